The van der Waals surface area contributed by atoms with Crippen molar-refractivity contribution in [1.29, 1.82) is 0 Å². The van der Waals surface area contributed by atoms with Crippen LogP contribution in [-0.4, -0.2) is 13.8 Å². The van der Waals surface area contributed by atoms with Gasteiger partial charge < -0.3 is 9.64 Å². The fraction of sp³-hybridized carbons (Fsp3) is 0.161. The molecule has 2 nitrogen and oxygen atoms in total. The highest BCUT2D eigenvalue weighted by molar-refractivity contribution is 6.98. The molecule has 9 aromatic carbocycles. The van der Waals surface area contributed by atoms with Crippen molar-refractivity contribution in [3.63, 3.8) is 0 Å². The Bertz CT molecular complexity index is 3200. The number of anilines is 3. The Labute approximate surface area is 386 Å². The van der Waals surface area contributed by atoms with E-state index in [0.29, 0.717) is 0 Å². The summed E-state index contributed by atoms with van der Waals surface area (Å²) in [5.74, 6) is 0.823. The molecule has 0 fully saturated rings. The first-order valence-corrected chi connectivity index (χ1v) is 23.0. The Balaban J connectivity index is 1.16. The summed E-state index contributed by atoms with van der Waals surface area (Å²) in [5.41, 5.74) is 24.9. The summed E-state index contributed by atoms with van der Waals surface area (Å²) in [5, 5.41) is 2.46. The van der Waals surface area contributed by atoms with E-state index in [9.17, 15) is 0 Å². The minimum absolute atomic E-state index is 0.0581. The molecule has 0 spiro atoms. The molecule has 0 N–H and O–H groups in total. The van der Waals surface area contributed by atoms with Gasteiger partial charge in [-0.15, -0.1) is 0 Å². The van der Waals surface area contributed by atoms with Crippen molar-refractivity contribution in [2.45, 2.75) is 60.8 Å². The highest BCUT2D eigenvalue weighted by Gasteiger charge is 2.36. The number of ether oxygens (including phenoxy) is 1. The number of rotatable bonds is 9. The Hall–Kier alpha value is -7.10. The molecule has 0 saturated heterocycles. The Morgan fingerprint density at radius 3 is 1.58 bits per heavy atom. The fourth-order valence-electron chi connectivity index (χ4n) is 11.4. The lowest BCUT2D eigenvalue weighted by Gasteiger charge is -2.30. The van der Waals surface area contributed by atoms with Gasteiger partial charge in [-0.05, 0) is 116 Å². The monoisotopic (exact) mass is 841 g/mol. The van der Waals surface area contributed by atoms with E-state index in [-0.39, 0.29) is 12.1 Å². The molecule has 0 saturated carbocycles. The summed E-state index contributed by atoms with van der Waals surface area (Å²) in [6, 6.07) is 65.2. The van der Waals surface area contributed by atoms with Crippen molar-refractivity contribution in [1.82, 2.24) is 0 Å². The molecule has 0 bridgehead atoms. The van der Waals surface area contributed by atoms with Gasteiger partial charge in [0.15, 0.2) is 0 Å². The molecule has 0 unspecified atom stereocenters. The number of hydrogen-bond acceptors (Lipinski definition) is 2. The maximum Gasteiger partial charge on any atom is 0.243 e. The number of nitrogens with zero attached hydrogens (tertiary/aromatic N) is 1. The molecule has 3 heteroatoms. The summed E-state index contributed by atoms with van der Waals surface area (Å²) in [6.07, 6.45) is 0. The zero-order valence-corrected chi connectivity index (χ0v) is 39.2. The quantitative estimate of drug-likeness (QED) is 0.134. The van der Waals surface area contributed by atoms with Crippen molar-refractivity contribution >= 4 is 50.9 Å². The molecule has 0 radical (unpaired) electrons. The van der Waals surface area contributed by atoms with E-state index in [4.69, 9.17) is 4.74 Å². The standard InChI is InChI=1S/C62H56BNO/c1-39-33-41(3)60(42(4)34-39)63(61-43(5)35-40(2)36-44(61)6)57-32-31-50(49-22-13-14-24-53(49)57)54-30-28-47(38-59(54)65-9)64(58-26-18-16-21-48(58)45-19-11-10-12-20-45)46-27-29-52-51-23-15-17-25-55(51)62(7,8)56(52)37-46/h10-38H,1-9H3. The van der Waals surface area contributed by atoms with Crippen LogP contribution < -0.4 is 26.0 Å². The van der Waals surface area contributed by atoms with Crippen molar-refractivity contribution in [2.75, 3.05) is 12.0 Å². The lowest BCUT2D eigenvalue weighted by molar-refractivity contribution is 0.416. The molecule has 10 rings (SSSR count). The van der Waals surface area contributed by atoms with Crippen LogP contribution >= 0.6 is 0 Å². The second kappa shape index (κ2) is 16.5. The highest BCUT2D eigenvalue weighted by Crippen LogP contribution is 2.52. The van der Waals surface area contributed by atoms with Gasteiger partial charge in [0.1, 0.15) is 5.75 Å². The van der Waals surface area contributed by atoms with Crippen molar-refractivity contribution in [3.8, 4) is 39.1 Å². The summed E-state index contributed by atoms with van der Waals surface area (Å²) in [7, 11) is 1.80. The normalized spacial score (nSPS) is 12.5. The van der Waals surface area contributed by atoms with E-state index in [1.54, 1.807) is 7.11 Å². The predicted molar refractivity (Wildman–Crippen MR) is 280 cm³/mol. The van der Waals surface area contributed by atoms with Gasteiger partial charge in [-0.2, -0.15) is 0 Å². The minimum atomic E-state index is -0.145. The molecule has 65 heavy (non-hydrogen) atoms. The van der Waals surface area contributed by atoms with Crippen LogP contribution in [-0.2, 0) is 5.41 Å². The summed E-state index contributed by atoms with van der Waals surface area (Å²) >= 11 is 0. The topological polar surface area (TPSA) is 12.5 Å². The summed E-state index contributed by atoms with van der Waals surface area (Å²) in [6.45, 7) is 18.3. The van der Waals surface area contributed by atoms with Gasteiger partial charge in [0.2, 0.25) is 6.71 Å². The first-order valence-electron chi connectivity index (χ1n) is 23.0. The Morgan fingerprint density at radius 2 is 0.938 bits per heavy atom. The van der Waals surface area contributed by atoms with E-state index >= 15 is 0 Å². The SMILES string of the molecule is COc1cc(N(c2ccc3c(c2)C(C)(C)c2ccccc2-3)c2ccccc2-c2ccccc2)ccc1-c1ccc(B(c2c(C)cc(C)cc2C)c2c(C)cc(C)cc2C)c2ccccc12. The molecule has 9 aromatic rings. The van der Waals surface area contributed by atoms with E-state index in [2.05, 4.69) is 236 Å². The molecule has 0 aliphatic heterocycles. The third-order valence-corrected chi connectivity index (χ3v) is 14.1. The van der Waals surface area contributed by atoms with Crippen LogP contribution in [0.3, 0.4) is 0 Å². The number of hydrogen-bond donors (Lipinski definition) is 0. The molecule has 318 valence electrons. The molecular weight excluding hydrogens is 785 g/mol. The second-order valence-electron chi connectivity index (χ2n) is 18.8. The molecular formula is C62H56BNO. The van der Waals surface area contributed by atoms with Gasteiger partial charge in [-0.3, -0.25) is 0 Å². The molecule has 1 aliphatic carbocycles. The molecule has 1 aliphatic rings. The van der Waals surface area contributed by atoms with Crippen LogP contribution in [0.2, 0.25) is 0 Å². The number of para-hydroxylation sites is 1. The van der Waals surface area contributed by atoms with E-state index in [0.717, 1.165) is 39.5 Å². The van der Waals surface area contributed by atoms with Crippen LogP contribution in [0.5, 0.6) is 5.75 Å². The van der Waals surface area contributed by atoms with E-state index in [1.165, 1.54) is 88.4 Å². The van der Waals surface area contributed by atoms with Gasteiger partial charge in [0.05, 0.1) is 12.8 Å². The largest absolute Gasteiger partial charge is 0.496 e. The fourth-order valence-corrected chi connectivity index (χ4v) is 11.4. The average molecular weight is 842 g/mol. The number of benzene rings is 9. The number of methoxy groups -OCH3 is 1. The van der Waals surface area contributed by atoms with Gasteiger partial charge >= 0.3 is 0 Å². The van der Waals surface area contributed by atoms with Gasteiger partial charge in [0.25, 0.3) is 0 Å². The van der Waals surface area contributed by atoms with Crippen LogP contribution in [0.15, 0.2) is 176 Å². The maximum absolute atomic E-state index is 6.45. The molecule has 0 atom stereocenters. The highest BCUT2D eigenvalue weighted by atomic mass is 16.5. The smallest absolute Gasteiger partial charge is 0.243 e. The number of fused-ring (bicyclic) bond motifs is 4. The first kappa shape index (κ1) is 41.9. The first-order chi connectivity index (χ1) is 31.4. The molecule has 0 heterocycles. The van der Waals surface area contributed by atoms with Crippen LogP contribution in [0.1, 0.15) is 58.4 Å². The summed E-state index contributed by atoms with van der Waals surface area (Å²) < 4.78 is 6.45. The molecule has 0 aromatic heterocycles. The zero-order chi connectivity index (χ0) is 45.1. The summed E-state index contributed by atoms with van der Waals surface area (Å²) in [4.78, 5) is 2.41. The van der Waals surface area contributed by atoms with Gasteiger partial charge in [-0.1, -0.05) is 203 Å². The van der Waals surface area contributed by atoms with Crippen molar-refractivity contribution < 1.29 is 4.74 Å². The van der Waals surface area contributed by atoms with E-state index in [1.807, 2.05) is 0 Å². The Morgan fingerprint density at radius 1 is 0.431 bits per heavy atom. The molecule has 0 amide bonds. The zero-order valence-electron chi connectivity index (χ0n) is 39.2. The second-order valence-corrected chi connectivity index (χ2v) is 18.8. The van der Waals surface area contributed by atoms with Crippen molar-refractivity contribution in [3.05, 3.63) is 220 Å². The van der Waals surface area contributed by atoms with Gasteiger partial charge in [0, 0.05) is 34.0 Å². The average Bonchev–Trinajstić information content (AvgIpc) is 3.53. The third-order valence-electron chi connectivity index (χ3n) is 14.1. The lowest BCUT2D eigenvalue weighted by Crippen LogP contribution is -2.56. The van der Waals surface area contributed by atoms with Crippen molar-refractivity contribution in [2.24, 2.45) is 0 Å². The van der Waals surface area contributed by atoms with Crippen LogP contribution in [0.4, 0.5) is 17.1 Å². The van der Waals surface area contributed by atoms with E-state index < -0.39 is 0 Å². The number of aryl methyl sites for hydroxylation is 6. The predicted octanol–water partition coefficient (Wildman–Crippen LogP) is 14.3. The van der Waals surface area contributed by atoms with Crippen LogP contribution in [0, 0.1) is 41.5 Å². The minimum Gasteiger partial charge on any atom is -0.496 e. The lowest BCUT2D eigenvalue weighted by atomic mass is 9.33. The maximum atomic E-state index is 6.45. The van der Waals surface area contributed by atoms with Crippen LogP contribution in [0.25, 0.3) is 44.2 Å². The third kappa shape index (κ3) is 7.15. The Kier molecular flexibility index (Phi) is 10.6. The van der Waals surface area contributed by atoms with Gasteiger partial charge in [-0.25, -0.2) is 0 Å².